The normalized spacial score (nSPS) is 10.9. The Morgan fingerprint density at radius 2 is 1.67 bits per heavy atom. The average Bonchev–Trinajstić information content (AvgIpc) is 2.45. The number of amides is 1. The van der Waals surface area contributed by atoms with Crippen molar-refractivity contribution < 1.29 is 9.53 Å². The van der Waals surface area contributed by atoms with Crippen LogP contribution >= 0.6 is 0 Å². The number of carbonyl (C=O) groups is 1. The standard InChI is InChI=1S/C18H27NO2/c1-6-10-19(11-7-2)18(20)9-8-17-14(3)12-16(21-5)13-15(17)4/h8-9,12-13H,6-7,10-11H2,1-5H3/b9-8+. The van der Waals surface area contributed by atoms with Gasteiger partial charge in [-0.2, -0.15) is 0 Å². The van der Waals surface area contributed by atoms with Crippen LogP contribution in [0.3, 0.4) is 0 Å². The Morgan fingerprint density at radius 1 is 1.14 bits per heavy atom. The van der Waals surface area contributed by atoms with E-state index in [1.807, 2.05) is 37.0 Å². The summed E-state index contributed by atoms with van der Waals surface area (Å²) in [5.41, 5.74) is 3.33. The maximum atomic E-state index is 12.3. The summed E-state index contributed by atoms with van der Waals surface area (Å²) in [6.45, 7) is 9.90. The highest BCUT2D eigenvalue weighted by Crippen LogP contribution is 2.22. The van der Waals surface area contributed by atoms with Gasteiger partial charge in [-0.3, -0.25) is 4.79 Å². The summed E-state index contributed by atoms with van der Waals surface area (Å²) in [5.74, 6) is 0.945. The van der Waals surface area contributed by atoms with Crippen molar-refractivity contribution in [2.24, 2.45) is 0 Å². The molecule has 0 radical (unpaired) electrons. The zero-order chi connectivity index (χ0) is 15.8. The summed E-state index contributed by atoms with van der Waals surface area (Å²) in [7, 11) is 1.67. The number of nitrogens with zero attached hydrogens (tertiary/aromatic N) is 1. The van der Waals surface area contributed by atoms with Gasteiger partial charge in [-0.25, -0.2) is 0 Å². The first-order chi connectivity index (χ1) is 10.0. The highest BCUT2D eigenvalue weighted by Gasteiger charge is 2.09. The molecule has 0 heterocycles. The van der Waals surface area contributed by atoms with Crippen LogP contribution in [0.4, 0.5) is 0 Å². The second kappa shape index (κ2) is 8.50. The Labute approximate surface area is 128 Å². The van der Waals surface area contributed by atoms with E-state index in [0.29, 0.717) is 0 Å². The third-order valence-electron chi connectivity index (χ3n) is 3.49. The first-order valence-electron chi connectivity index (χ1n) is 7.65. The molecule has 0 bridgehead atoms. The van der Waals surface area contributed by atoms with E-state index in [1.165, 1.54) is 0 Å². The summed E-state index contributed by atoms with van der Waals surface area (Å²) in [5, 5.41) is 0. The molecule has 1 rings (SSSR count). The van der Waals surface area contributed by atoms with E-state index in [9.17, 15) is 4.79 Å². The second-order valence-electron chi connectivity index (χ2n) is 5.33. The van der Waals surface area contributed by atoms with Crippen molar-refractivity contribution in [3.05, 3.63) is 34.9 Å². The maximum Gasteiger partial charge on any atom is 0.246 e. The SMILES string of the molecule is CCCN(CCC)C(=O)/C=C/c1c(C)cc(OC)cc1C. The minimum Gasteiger partial charge on any atom is -0.497 e. The van der Waals surface area contributed by atoms with Gasteiger partial charge in [0.05, 0.1) is 7.11 Å². The first-order valence-corrected chi connectivity index (χ1v) is 7.65. The molecule has 0 spiro atoms. The summed E-state index contributed by atoms with van der Waals surface area (Å²) in [6, 6.07) is 3.99. The van der Waals surface area contributed by atoms with Crippen molar-refractivity contribution >= 4 is 12.0 Å². The first kappa shape index (κ1) is 17.3. The van der Waals surface area contributed by atoms with Gasteiger partial charge in [0, 0.05) is 19.2 Å². The van der Waals surface area contributed by atoms with Crippen molar-refractivity contribution in [2.45, 2.75) is 40.5 Å². The topological polar surface area (TPSA) is 29.5 Å². The maximum absolute atomic E-state index is 12.3. The van der Waals surface area contributed by atoms with Gasteiger partial charge < -0.3 is 9.64 Å². The summed E-state index contributed by atoms with van der Waals surface area (Å²) in [4.78, 5) is 14.2. The molecule has 1 aromatic carbocycles. The third kappa shape index (κ3) is 4.92. The van der Waals surface area contributed by atoms with Crippen LogP contribution in [0, 0.1) is 13.8 Å². The minimum absolute atomic E-state index is 0.0910. The molecule has 3 heteroatoms. The van der Waals surface area contributed by atoms with Crippen LogP contribution in [0.5, 0.6) is 5.75 Å². The zero-order valence-electron chi connectivity index (χ0n) is 13.9. The number of hydrogen-bond acceptors (Lipinski definition) is 2. The van der Waals surface area contributed by atoms with Crippen LogP contribution in [-0.2, 0) is 4.79 Å². The van der Waals surface area contributed by atoms with Crippen LogP contribution in [-0.4, -0.2) is 31.0 Å². The number of methoxy groups -OCH3 is 1. The highest BCUT2D eigenvalue weighted by atomic mass is 16.5. The fourth-order valence-electron chi connectivity index (χ4n) is 2.45. The number of aryl methyl sites for hydroxylation is 2. The fraction of sp³-hybridized carbons (Fsp3) is 0.500. The number of carbonyl (C=O) groups excluding carboxylic acids is 1. The van der Waals surface area contributed by atoms with E-state index in [2.05, 4.69) is 13.8 Å². The van der Waals surface area contributed by atoms with Gasteiger partial charge in [-0.15, -0.1) is 0 Å². The molecule has 0 atom stereocenters. The molecule has 0 aliphatic rings. The number of benzene rings is 1. The van der Waals surface area contributed by atoms with E-state index in [4.69, 9.17) is 4.74 Å². The number of rotatable bonds is 7. The molecule has 3 nitrogen and oxygen atoms in total. The fourth-order valence-corrected chi connectivity index (χ4v) is 2.45. The third-order valence-corrected chi connectivity index (χ3v) is 3.49. The lowest BCUT2D eigenvalue weighted by atomic mass is 10.0. The average molecular weight is 289 g/mol. The van der Waals surface area contributed by atoms with E-state index in [0.717, 1.165) is 48.4 Å². The van der Waals surface area contributed by atoms with E-state index in [-0.39, 0.29) is 5.91 Å². The lowest BCUT2D eigenvalue weighted by Crippen LogP contribution is -2.30. The molecule has 0 aliphatic heterocycles. The van der Waals surface area contributed by atoms with Gasteiger partial charge in [0.15, 0.2) is 0 Å². The van der Waals surface area contributed by atoms with Crippen molar-refractivity contribution in [3.8, 4) is 5.75 Å². The lowest BCUT2D eigenvalue weighted by molar-refractivity contribution is -0.126. The molecule has 21 heavy (non-hydrogen) atoms. The lowest BCUT2D eigenvalue weighted by Gasteiger charge is -2.19. The van der Waals surface area contributed by atoms with Crippen LogP contribution in [0.25, 0.3) is 6.08 Å². The molecular weight excluding hydrogens is 262 g/mol. The highest BCUT2D eigenvalue weighted by molar-refractivity contribution is 5.92. The molecule has 0 unspecified atom stereocenters. The summed E-state index contributed by atoms with van der Waals surface area (Å²) in [6.07, 6.45) is 5.58. The van der Waals surface area contributed by atoms with Gasteiger partial charge in [0.2, 0.25) is 5.91 Å². The van der Waals surface area contributed by atoms with Crippen LogP contribution in [0.15, 0.2) is 18.2 Å². The van der Waals surface area contributed by atoms with Crippen molar-refractivity contribution in [1.29, 1.82) is 0 Å². The summed E-state index contributed by atoms with van der Waals surface area (Å²) >= 11 is 0. The van der Waals surface area contributed by atoms with Crippen molar-refractivity contribution in [2.75, 3.05) is 20.2 Å². The Morgan fingerprint density at radius 3 is 2.10 bits per heavy atom. The molecule has 0 aromatic heterocycles. The quantitative estimate of drug-likeness (QED) is 0.711. The Kier molecular flexibility index (Phi) is 7.00. The molecule has 0 saturated heterocycles. The molecule has 0 fully saturated rings. The van der Waals surface area contributed by atoms with Crippen molar-refractivity contribution in [3.63, 3.8) is 0 Å². The Bertz CT molecular complexity index is 477. The predicted octanol–water partition coefficient (Wildman–Crippen LogP) is 3.97. The van der Waals surface area contributed by atoms with Crippen LogP contribution < -0.4 is 4.74 Å². The van der Waals surface area contributed by atoms with Gasteiger partial charge in [0.1, 0.15) is 5.75 Å². The largest absolute Gasteiger partial charge is 0.497 e. The van der Waals surface area contributed by atoms with Crippen LogP contribution in [0.1, 0.15) is 43.4 Å². The van der Waals surface area contributed by atoms with E-state index < -0.39 is 0 Å². The van der Waals surface area contributed by atoms with Gasteiger partial charge in [-0.05, 0) is 61.6 Å². The molecule has 0 N–H and O–H groups in total. The zero-order valence-corrected chi connectivity index (χ0v) is 13.9. The predicted molar refractivity (Wildman–Crippen MR) is 88.7 cm³/mol. The van der Waals surface area contributed by atoms with Gasteiger partial charge >= 0.3 is 0 Å². The summed E-state index contributed by atoms with van der Waals surface area (Å²) < 4.78 is 5.26. The van der Waals surface area contributed by atoms with Gasteiger partial charge in [0.25, 0.3) is 0 Å². The molecular formula is C18H27NO2. The Balaban J connectivity index is 2.91. The number of hydrogen-bond donors (Lipinski definition) is 0. The molecule has 0 aliphatic carbocycles. The molecule has 1 aromatic rings. The Hall–Kier alpha value is -1.77. The minimum atomic E-state index is 0.0910. The van der Waals surface area contributed by atoms with Crippen LogP contribution in [0.2, 0.25) is 0 Å². The van der Waals surface area contributed by atoms with Crippen molar-refractivity contribution in [1.82, 2.24) is 4.90 Å². The van der Waals surface area contributed by atoms with E-state index in [1.54, 1.807) is 13.2 Å². The molecule has 0 saturated carbocycles. The van der Waals surface area contributed by atoms with E-state index >= 15 is 0 Å². The number of ether oxygens (including phenoxy) is 1. The second-order valence-corrected chi connectivity index (χ2v) is 5.33. The van der Waals surface area contributed by atoms with Gasteiger partial charge in [-0.1, -0.05) is 13.8 Å². The monoisotopic (exact) mass is 289 g/mol. The smallest absolute Gasteiger partial charge is 0.246 e. The molecule has 116 valence electrons. The molecule has 1 amide bonds.